The average molecular weight is 267 g/mol. The summed E-state index contributed by atoms with van der Waals surface area (Å²) in [4.78, 5) is 8.69. The van der Waals surface area contributed by atoms with E-state index in [2.05, 4.69) is 28.6 Å². The van der Waals surface area contributed by atoms with Crippen molar-refractivity contribution in [1.82, 2.24) is 9.88 Å². The van der Waals surface area contributed by atoms with Gasteiger partial charge in [0.05, 0.1) is 12.8 Å². The molecule has 0 unspecified atom stereocenters. The molecule has 0 atom stereocenters. The molecule has 2 heterocycles. The SMILES string of the molecule is CC(C)CN1CCN(c2ncc(F)cc2CO)CC1. The number of hydrogen-bond donors (Lipinski definition) is 1. The highest BCUT2D eigenvalue weighted by atomic mass is 19.1. The number of hydrogen-bond acceptors (Lipinski definition) is 4. The Balaban J connectivity index is 2.01. The minimum absolute atomic E-state index is 0.174. The number of halogens is 1. The van der Waals surface area contributed by atoms with Gasteiger partial charge in [-0.05, 0) is 12.0 Å². The zero-order valence-corrected chi connectivity index (χ0v) is 11.6. The second-order valence-corrected chi connectivity index (χ2v) is 5.48. The van der Waals surface area contributed by atoms with Crippen LogP contribution >= 0.6 is 0 Å². The molecule has 0 saturated carbocycles. The molecule has 1 aliphatic heterocycles. The Kier molecular flexibility index (Phi) is 4.71. The molecule has 0 aromatic carbocycles. The second-order valence-electron chi connectivity index (χ2n) is 5.48. The zero-order chi connectivity index (χ0) is 13.8. The Hall–Kier alpha value is -1.20. The van der Waals surface area contributed by atoms with Gasteiger partial charge in [0, 0.05) is 38.3 Å². The normalized spacial score (nSPS) is 17.2. The van der Waals surface area contributed by atoms with Crippen LogP contribution in [0.25, 0.3) is 0 Å². The molecule has 2 rings (SSSR count). The van der Waals surface area contributed by atoms with Gasteiger partial charge in [-0.3, -0.25) is 4.90 Å². The summed E-state index contributed by atoms with van der Waals surface area (Å²) in [5.41, 5.74) is 0.567. The first-order chi connectivity index (χ1) is 9.10. The van der Waals surface area contributed by atoms with Gasteiger partial charge < -0.3 is 10.0 Å². The maximum Gasteiger partial charge on any atom is 0.142 e. The van der Waals surface area contributed by atoms with Crippen LogP contribution in [0.3, 0.4) is 0 Å². The molecule has 1 saturated heterocycles. The number of nitrogens with zero attached hydrogens (tertiary/aromatic N) is 3. The summed E-state index contributed by atoms with van der Waals surface area (Å²) in [5.74, 6) is 0.989. The lowest BCUT2D eigenvalue weighted by Crippen LogP contribution is -2.48. The van der Waals surface area contributed by atoms with Crippen molar-refractivity contribution in [3.8, 4) is 0 Å². The van der Waals surface area contributed by atoms with E-state index in [-0.39, 0.29) is 6.61 Å². The summed E-state index contributed by atoms with van der Waals surface area (Å²) in [5, 5.41) is 9.30. The molecule has 1 aliphatic rings. The molecular formula is C14H22FN3O. The lowest BCUT2D eigenvalue weighted by Gasteiger charge is -2.36. The first kappa shape index (κ1) is 14.2. The van der Waals surface area contributed by atoms with Crippen LogP contribution < -0.4 is 4.90 Å². The summed E-state index contributed by atoms with van der Waals surface area (Å²) in [6.45, 7) is 9.10. The molecule has 0 radical (unpaired) electrons. The van der Waals surface area contributed by atoms with E-state index < -0.39 is 5.82 Å². The fourth-order valence-corrected chi connectivity index (χ4v) is 2.53. The Labute approximate surface area is 113 Å². The first-order valence-electron chi connectivity index (χ1n) is 6.82. The van der Waals surface area contributed by atoms with E-state index in [1.165, 1.54) is 12.3 Å². The number of rotatable bonds is 4. The highest BCUT2D eigenvalue weighted by molar-refractivity contribution is 5.47. The summed E-state index contributed by atoms with van der Waals surface area (Å²) < 4.78 is 13.1. The molecule has 0 spiro atoms. The van der Waals surface area contributed by atoms with Crippen LogP contribution in [0.5, 0.6) is 0 Å². The van der Waals surface area contributed by atoms with Crippen LogP contribution in [0.1, 0.15) is 19.4 Å². The van der Waals surface area contributed by atoms with Gasteiger partial charge in [-0.2, -0.15) is 0 Å². The Morgan fingerprint density at radius 1 is 1.32 bits per heavy atom. The molecule has 19 heavy (non-hydrogen) atoms. The number of pyridine rings is 1. The molecule has 0 amide bonds. The molecule has 1 N–H and O–H groups in total. The fraction of sp³-hybridized carbons (Fsp3) is 0.643. The van der Waals surface area contributed by atoms with Crippen molar-refractivity contribution >= 4 is 5.82 Å². The quantitative estimate of drug-likeness (QED) is 0.897. The van der Waals surface area contributed by atoms with Gasteiger partial charge in [0.25, 0.3) is 0 Å². The molecule has 1 aromatic rings. The number of aromatic nitrogens is 1. The first-order valence-corrected chi connectivity index (χ1v) is 6.82. The number of piperazine rings is 1. The van der Waals surface area contributed by atoms with Gasteiger partial charge in [0.2, 0.25) is 0 Å². The third kappa shape index (κ3) is 3.64. The highest BCUT2D eigenvalue weighted by Crippen LogP contribution is 2.20. The van der Waals surface area contributed by atoms with Gasteiger partial charge in [-0.1, -0.05) is 13.8 Å². The third-order valence-electron chi connectivity index (χ3n) is 3.38. The van der Waals surface area contributed by atoms with Gasteiger partial charge in [0.15, 0.2) is 0 Å². The van der Waals surface area contributed by atoms with E-state index in [1.54, 1.807) is 0 Å². The maximum absolute atomic E-state index is 13.1. The van der Waals surface area contributed by atoms with Crippen LogP contribution in [-0.4, -0.2) is 47.7 Å². The molecule has 1 fully saturated rings. The van der Waals surface area contributed by atoms with E-state index in [4.69, 9.17) is 0 Å². The van der Waals surface area contributed by atoms with Gasteiger partial charge >= 0.3 is 0 Å². The monoisotopic (exact) mass is 267 g/mol. The van der Waals surface area contributed by atoms with Crippen LogP contribution in [0.15, 0.2) is 12.3 Å². The summed E-state index contributed by atoms with van der Waals surface area (Å²) >= 11 is 0. The molecule has 4 nitrogen and oxygen atoms in total. The third-order valence-corrected chi connectivity index (χ3v) is 3.38. The Bertz CT molecular complexity index is 417. The van der Waals surface area contributed by atoms with Crippen molar-refractivity contribution < 1.29 is 9.50 Å². The van der Waals surface area contributed by atoms with Crippen molar-refractivity contribution in [2.75, 3.05) is 37.6 Å². The number of aliphatic hydroxyl groups excluding tert-OH is 1. The summed E-state index contributed by atoms with van der Waals surface area (Å²) in [6, 6.07) is 1.36. The van der Waals surface area contributed by atoms with E-state index in [0.717, 1.165) is 32.7 Å². The maximum atomic E-state index is 13.1. The van der Waals surface area contributed by atoms with Crippen LogP contribution in [0, 0.1) is 11.7 Å². The van der Waals surface area contributed by atoms with E-state index in [9.17, 15) is 9.50 Å². The minimum atomic E-state index is -0.397. The van der Waals surface area contributed by atoms with E-state index >= 15 is 0 Å². The predicted molar refractivity (Wildman–Crippen MR) is 73.6 cm³/mol. The number of anilines is 1. The van der Waals surface area contributed by atoms with Crippen molar-refractivity contribution in [3.05, 3.63) is 23.6 Å². The standard InChI is InChI=1S/C14H22FN3O/c1-11(2)9-17-3-5-18(6-4-17)14-12(10-19)7-13(15)8-16-14/h7-8,11,19H,3-6,9-10H2,1-2H3. The highest BCUT2D eigenvalue weighted by Gasteiger charge is 2.20. The molecule has 1 aromatic heterocycles. The second kappa shape index (κ2) is 6.30. The zero-order valence-electron chi connectivity index (χ0n) is 11.6. The predicted octanol–water partition coefficient (Wildman–Crippen LogP) is 1.49. The smallest absolute Gasteiger partial charge is 0.142 e. The van der Waals surface area contributed by atoms with Crippen LogP contribution in [0.2, 0.25) is 0 Å². The summed E-state index contributed by atoms with van der Waals surface area (Å²) in [6.07, 6.45) is 1.22. The molecule has 106 valence electrons. The lowest BCUT2D eigenvalue weighted by atomic mass is 10.2. The Morgan fingerprint density at radius 3 is 2.58 bits per heavy atom. The van der Waals surface area contributed by atoms with E-state index in [1.807, 2.05) is 0 Å². The van der Waals surface area contributed by atoms with E-state index in [0.29, 0.717) is 17.3 Å². The molecule has 5 heteroatoms. The molecule has 0 bridgehead atoms. The molecular weight excluding hydrogens is 245 g/mol. The van der Waals surface area contributed by atoms with Gasteiger partial charge in [-0.15, -0.1) is 0 Å². The van der Waals surface area contributed by atoms with Crippen molar-refractivity contribution in [1.29, 1.82) is 0 Å². The lowest BCUT2D eigenvalue weighted by molar-refractivity contribution is 0.230. The largest absolute Gasteiger partial charge is 0.392 e. The van der Waals surface area contributed by atoms with Crippen molar-refractivity contribution in [2.45, 2.75) is 20.5 Å². The summed E-state index contributed by atoms with van der Waals surface area (Å²) in [7, 11) is 0. The van der Waals surface area contributed by atoms with Crippen LogP contribution in [-0.2, 0) is 6.61 Å². The minimum Gasteiger partial charge on any atom is -0.392 e. The van der Waals surface area contributed by atoms with Crippen LogP contribution in [0.4, 0.5) is 10.2 Å². The molecule has 0 aliphatic carbocycles. The van der Waals surface area contributed by atoms with Gasteiger partial charge in [-0.25, -0.2) is 9.37 Å². The fourth-order valence-electron chi connectivity index (χ4n) is 2.53. The van der Waals surface area contributed by atoms with Crippen molar-refractivity contribution in [3.63, 3.8) is 0 Å². The number of aliphatic hydroxyl groups is 1. The Morgan fingerprint density at radius 2 is 2.00 bits per heavy atom. The van der Waals surface area contributed by atoms with Gasteiger partial charge in [0.1, 0.15) is 11.6 Å². The average Bonchev–Trinajstić information content (AvgIpc) is 2.39. The van der Waals surface area contributed by atoms with Crippen molar-refractivity contribution in [2.24, 2.45) is 5.92 Å². The topological polar surface area (TPSA) is 39.6 Å².